The fourth-order valence-electron chi connectivity index (χ4n) is 5.20. The van der Waals surface area contributed by atoms with Gasteiger partial charge in [0.2, 0.25) is 0 Å². The predicted molar refractivity (Wildman–Crippen MR) is 142 cm³/mol. The smallest absolute Gasteiger partial charge is 0.420 e. The normalized spacial score (nSPS) is 22.7. The molecular weight excluding hydrogens is 506 g/mol. The topological polar surface area (TPSA) is 133 Å². The van der Waals surface area contributed by atoms with Crippen LogP contribution >= 0.6 is 0 Å². The van der Waals surface area contributed by atoms with Crippen molar-refractivity contribution in [3.05, 3.63) is 24.0 Å². The molecular formula is C28H41N3O8. The van der Waals surface area contributed by atoms with E-state index in [0.29, 0.717) is 42.2 Å². The van der Waals surface area contributed by atoms with E-state index >= 15 is 0 Å². The van der Waals surface area contributed by atoms with Crippen molar-refractivity contribution in [2.45, 2.75) is 90.5 Å². The Labute approximate surface area is 229 Å². The largest absolute Gasteiger partial charge is 0.467 e. The Morgan fingerprint density at radius 1 is 1.10 bits per heavy atom. The number of fused-ring (bicyclic) bond motifs is 1. The van der Waals surface area contributed by atoms with E-state index in [9.17, 15) is 19.2 Å². The summed E-state index contributed by atoms with van der Waals surface area (Å²) >= 11 is 0. The van der Waals surface area contributed by atoms with E-state index in [1.54, 1.807) is 53.8 Å². The van der Waals surface area contributed by atoms with E-state index in [2.05, 4.69) is 10.3 Å². The summed E-state index contributed by atoms with van der Waals surface area (Å²) in [5.74, 6) is -1.90. The number of nitrogens with one attached hydrogen (secondary N) is 1. The van der Waals surface area contributed by atoms with Crippen molar-refractivity contribution in [1.29, 1.82) is 0 Å². The van der Waals surface area contributed by atoms with Crippen LogP contribution in [0.5, 0.6) is 0 Å². The number of ketones is 1. The highest BCUT2D eigenvalue weighted by molar-refractivity contribution is 6.06. The highest BCUT2D eigenvalue weighted by Gasteiger charge is 2.52. The monoisotopic (exact) mass is 547 g/mol. The summed E-state index contributed by atoms with van der Waals surface area (Å²) in [6.07, 6.45) is 2.17. The lowest BCUT2D eigenvalue weighted by molar-refractivity contribution is -0.147. The lowest BCUT2D eigenvalue weighted by Gasteiger charge is -2.49. The van der Waals surface area contributed by atoms with E-state index in [0.717, 1.165) is 7.11 Å². The van der Waals surface area contributed by atoms with Gasteiger partial charge in [-0.25, -0.2) is 14.4 Å². The number of aromatic nitrogens is 1. The van der Waals surface area contributed by atoms with Gasteiger partial charge in [-0.2, -0.15) is 4.90 Å². The van der Waals surface area contributed by atoms with E-state index in [4.69, 9.17) is 18.9 Å². The van der Waals surface area contributed by atoms with E-state index < -0.39 is 46.9 Å². The Morgan fingerprint density at radius 2 is 1.67 bits per heavy atom. The average Bonchev–Trinajstić information content (AvgIpc) is 2.83. The molecule has 2 aliphatic heterocycles. The summed E-state index contributed by atoms with van der Waals surface area (Å²) in [7, 11) is 1.16. The van der Waals surface area contributed by atoms with Gasteiger partial charge in [-0.05, 0) is 79.7 Å². The van der Waals surface area contributed by atoms with Gasteiger partial charge < -0.3 is 24.3 Å². The molecule has 3 unspecified atom stereocenters. The molecule has 11 nitrogen and oxygen atoms in total. The van der Waals surface area contributed by atoms with Crippen molar-refractivity contribution >= 4 is 29.6 Å². The zero-order valence-electron chi connectivity index (χ0n) is 24.2. The molecule has 0 aliphatic carbocycles. The number of hydrogen-bond donors (Lipinski definition) is 1. The second kappa shape index (κ2) is 11.5. The quantitative estimate of drug-likeness (QED) is 0.412. The summed E-state index contributed by atoms with van der Waals surface area (Å²) in [6, 6.07) is 0.131. The number of Topliss-reactive ketones (excluding diaryl/α,β-unsaturated/α-hetero) is 1. The standard InChI is InChI=1S/C28H41N3O8/c1-26(2,3)38-24(34)31(25(35)39-27(4,5)6)21(23(33)36-8)15-19-22(32)18-9-12-29-16-20(18)30-28(19,7)17-10-13-37-14-11-17/h9,12,16-17,19,21,30H,10-11,13-15H2,1-8H3. The number of hydrogen-bond acceptors (Lipinski definition) is 10. The molecule has 0 bridgehead atoms. The highest BCUT2D eigenvalue weighted by atomic mass is 16.6. The van der Waals surface area contributed by atoms with Gasteiger partial charge in [0.05, 0.1) is 19.0 Å². The molecule has 2 amide bonds. The van der Waals surface area contributed by atoms with Crippen molar-refractivity contribution in [3.8, 4) is 0 Å². The number of anilines is 1. The van der Waals surface area contributed by atoms with Crippen LogP contribution in [-0.4, -0.2) is 76.9 Å². The number of carbonyl (C=O) groups is 4. The number of pyridine rings is 1. The van der Waals surface area contributed by atoms with Crippen LogP contribution in [0.2, 0.25) is 0 Å². The summed E-state index contributed by atoms with van der Waals surface area (Å²) in [5, 5.41) is 3.52. The molecule has 1 N–H and O–H groups in total. The van der Waals surface area contributed by atoms with Gasteiger partial charge in [-0.15, -0.1) is 0 Å². The Morgan fingerprint density at radius 3 is 2.18 bits per heavy atom. The minimum atomic E-state index is -1.49. The molecule has 3 atom stereocenters. The molecule has 11 heteroatoms. The van der Waals surface area contributed by atoms with Gasteiger partial charge in [0.1, 0.15) is 17.2 Å². The van der Waals surface area contributed by atoms with Gasteiger partial charge in [0.15, 0.2) is 5.78 Å². The molecule has 3 rings (SSSR count). The van der Waals surface area contributed by atoms with Crippen LogP contribution in [0.3, 0.4) is 0 Å². The van der Waals surface area contributed by atoms with Crippen molar-refractivity contribution in [2.24, 2.45) is 11.8 Å². The molecule has 0 aromatic carbocycles. The zero-order valence-corrected chi connectivity index (χ0v) is 24.2. The minimum absolute atomic E-state index is 0.00311. The first-order valence-electron chi connectivity index (χ1n) is 13.2. The fraction of sp³-hybridized carbons (Fsp3) is 0.679. The van der Waals surface area contributed by atoms with Gasteiger partial charge in [-0.3, -0.25) is 9.78 Å². The number of amides is 2. The number of carbonyl (C=O) groups excluding carboxylic acids is 4. The number of imide groups is 1. The molecule has 3 heterocycles. The Hall–Kier alpha value is -3.21. The van der Waals surface area contributed by atoms with Crippen LogP contribution in [0.15, 0.2) is 18.5 Å². The maximum absolute atomic E-state index is 14.0. The Balaban J connectivity index is 2.10. The van der Waals surface area contributed by atoms with Crippen LogP contribution in [0, 0.1) is 11.8 Å². The average molecular weight is 548 g/mol. The molecule has 0 spiro atoms. The molecule has 1 aromatic heterocycles. The third-order valence-electron chi connectivity index (χ3n) is 7.02. The maximum Gasteiger partial charge on any atom is 0.420 e. The number of ether oxygens (including phenoxy) is 4. The van der Waals surface area contributed by atoms with Crippen molar-refractivity contribution < 1.29 is 38.1 Å². The first-order chi connectivity index (χ1) is 18.1. The summed E-state index contributed by atoms with van der Waals surface area (Å²) in [6.45, 7) is 12.9. The third-order valence-corrected chi connectivity index (χ3v) is 7.02. The second-order valence-electron chi connectivity index (χ2n) is 12.2. The molecule has 216 valence electrons. The van der Waals surface area contributed by atoms with Gasteiger partial charge in [0, 0.05) is 36.4 Å². The van der Waals surface area contributed by atoms with Crippen molar-refractivity contribution in [1.82, 2.24) is 9.88 Å². The number of esters is 1. The van der Waals surface area contributed by atoms with Gasteiger partial charge in [0.25, 0.3) is 0 Å². The SMILES string of the molecule is COC(=O)C(CC1C(=O)c2ccncc2NC1(C)C1CCOCC1)N(C(=O)OC(C)(C)C)C(=O)OC(C)(C)C. The predicted octanol–water partition coefficient (Wildman–Crippen LogP) is 4.60. The van der Waals surface area contributed by atoms with Crippen molar-refractivity contribution in [3.63, 3.8) is 0 Å². The first-order valence-corrected chi connectivity index (χ1v) is 13.2. The van der Waals surface area contributed by atoms with Gasteiger partial charge in [-0.1, -0.05) is 0 Å². The van der Waals surface area contributed by atoms with Gasteiger partial charge >= 0.3 is 18.2 Å². The number of rotatable bonds is 5. The highest BCUT2D eigenvalue weighted by Crippen LogP contribution is 2.45. The molecule has 1 fully saturated rings. The van der Waals surface area contributed by atoms with E-state index in [-0.39, 0.29) is 18.1 Å². The molecule has 2 aliphatic rings. The van der Waals surface area contributed by atoms with E-state index in [1.807, 2.05) is 6.92 Å². The molecule has 1 saturated heterocycles. The minimum Gasteiger partial charge on any atom is -0.467 e. The molecule has 1 aromatic rings. The second-order valence-corrected chi connectivity index (χ2v) is 12.2. The number of methoxy groups -OCH3 is 1. The summed E-state index contributed by atoms with van der Waals surface area (Å²) < 4.78 is 21.6. The first kappa shape index (κ1) is 30.3. The molecule has 0 saturated carbocycles. The zero-order chi connectivity index (χ0) is 29.2. The van der Waals surface area contributed by atoms with Crippen LogP contribution in [-0.2, 0) is 23.7 Å². The maximum atomic E-state index is 14.0. The van der Waals surface area contributed by atoms with E-state index in [1.165, 1.54) is 6.20 Å². The summed E-state index contributed by atoms with van der Waals surface area (Å²) in [5.41, 5.74) is -1.76. The number of nitrogens with zero attached hydrogens (tertiary/aromatic N) is 2. The van der Waals surface area contributed by atoms with Crippen LogP contribution in [0.25, 0.3) is 0 Å². The Kier molecular flexibility index (Phi) is 8.94. The fourth-order valence-corrected chi connectivity index (χ4v) is 5.20. The van der Waals surface area contributed by atoms with Crippen LogP contribution in [0.4, 0.5) is 15.3 Å². The lowest BCUT2D eigenvalue weighted by Crippen LogP contribution is -2.60. The molecule has 0 radical (unpaired) electrons. The Bertz CT molecular complexity index is 1060. The van der Waals surface area contributed by atoms with Crippen LogP contribution < -0.4 is 5.32 Å². The van der Waals surface area contributed by atoms with Crippen molar-refractivity contribution in [2.75, 3.05) is 25.6 Å². The van der Waals surface area contributed by atoms with Crippen LogP contribution in [0.1, 0.15) is 78.1 Å². The summed E-state index contributed by atoms with van der Waals surface area (Å²) in [4.78, 5) is 58.9. The lowest BCUT2D eigenvalue weighted by atomic mass is 9.65. The molecule has 39 heavy (non-hydrogen) atoms. The third kappa shape index (κ3) is 7.06.